The number of hydrogen-bond acceptors (Lipinski definition) is 1. The summed E-state index contributed by atoms with van der Waals surface area (Å²) in [5.41, 5.74) is 3.59. The molecule has 17 heavy (non-hydrogen) atoms. The molecule has 0 aliphatic heterocycles. The number of hydrogen-bond donors (Lipinski definition) is 0. The van der Waals surface area contributed by atoms with Crippen LogP contribution in [0.1, 0.15) is 23.7 Å². The maximum Gasteiger partial charge on any atom is 0.136 e. The Morgan fingerprint density at radius 3 is 2.59 bits per heavy atom. The van der Waals surface area contributed by atoms with E-state index in [1.165, 1.54) is 12.1 Å². The molecule has 1 heterocycles. The van der Waals surface area contributed by atoms with Crippen LogP contribution >= 0.6 is 11.6 Å². The van der Waals surface area contributed by atoms with E-state index in [0.717, 1.165) is 28.9 Å². The van der Waals surface area contributed by atoms with Crippen molar-refractivity contribution in [3.05, 3.63) is 46.0 Å². The summed E-state index contributed by atoms with van der Waals surface area (Å²) in [5.74, 6) is -0.248. The van der Waals surface area contributed by atoms with Gasteiger partial charge in [-0.05, 0) is 44.0 Å². The first-order chi connectivity index (χ1) is 8.04. The second-order valence-electron chi connectivity index (χ2n) is 4.05. The minimum Gasteiger partial charge on any atom is -0.221 e. The number of nitrogens with zero attached hydrogens (tertiary/aromatic N) is 2. The standard InChI is InChI=1S/C13H14ClFN2/c1-4-11-9(3)16-17(13(11)14)12-6-5-10(15)7-8(12)2/h5-7H,4H2,1-3H3. The lowest BCUT2D eigenvalue weighted by molar-refractivity contribution is 0.625. The van der Waals surface area contributed by atoms with E-state index in [1.54, 1.807) is 10.7 Å². The van der Waals surface area contributed by atoms with Crippen LogP contribution in [0.25, 0.3) is 5.69 Å². The largest absolute Gasteiger partial charge is 0.221 e. The van der Waals surface area contributed by atoms with Gasteiger partial charge < -0.3 is 0 Å². The third-order valence-electron chi connectivity index (χ3n) is 2.86. The summed E-state index contributed by atoms with van der Waals surface area (Å²) in [7, 11) is 0. The predicted octanol–water partition coefficient (Wildman–Crippen LogP) is 3.84. The lowest BCUT2D eigenvalue weighted by Crippen LogP contribution is -2.00. The Bertz CT molecular complexity index is 561. The molecule has 0 atom stereocenters. The van der Waals surface area contributed by atoms with Crippen LogP contribution in [-0.2, 0) is 6.42 Å². The fourth-order valence-corrected chi connectivity index (χ4v) is 2.35. The summed E-state index contributed by atoms with van der Waals surface area (Å²) in [4.78, 5) is 0. The fraction of sp³-hybridized carbons (Fsp3) is 0.308. The Morgan fingerprint density at radius 1 is 1.35 bits per heavy atom. The van der Waals surface area contributed by atoms with E-state index in [2.05, 4.69) is 5.10 Å². The van der Waals surface area contributed by atoms with Crippen molar-refractivity contribution in [2.75, 3.05) is 0 Å². The van der Waals surface area contributed by atoms with Gasteiger partial charge in [0.1, 0.15) is 11.0 Å². The number of halogens is 2. The molecule has 90 valence electrons. The summed E-state index contributed by atoms with van der Waals surface area (Å²) in [6, 6.07) is 4.60. The zero-order valence-corrected chi connectivity index (χ0v) is 10.8. The first-order valence-electron chi connectivity index (χ1n) is 5.55. The second kappa shape index (κ2) is 4.49. The van der Waals surface area contributed by atoms with Gasteiger partial charge in [-0.15, -0.1) is 0 Å². The van der Waals surface area contributed by atoms with Gasteiger partial charge in [0.25, 0.3) is 0 Å². The molecule has 0 radical (unpaired) electrons. The van der Waals surface area contributed by atoms with E-state index in [4.69, 9.17) is 11.6 Å². The molecule has 0 spiro atoms. The van der Waals surface area contributed by atoms with Crippen LogP contribution in [0.5, 0.6) is 0 Å². The molecule has 0 bridgehead atoms. The van der Waals surface area contributed by atoms with Gasteiger partial charge in [-0.25, -0.2) is 9.07 Å². The van der Waals surface area contributed by atoms with Crippen molar-refractivity contribution in [3.63, 3.8) is 0 Å². The van der Waals surface area contributed by atoms with Gasteiger partial charge >= 0.3 is 0 Å². The predicted molar refractivity (Wildman–Crippen MR) is 67.4 cm³/mol. The van der Waals surface area contributed by atoms with Crippen LogP contribution in [-0.4, -0.2) is 9.78 Å². The van der Waals surface area contributed by atoms with Crippen molar-refractivity contribution >= 4 is 11.6 Å². The molecule has 0 amide bonds. The van der Waals surface area contributed by atoms with Gasteiger partial charge in [-0.1, -0.05) is 18.5 Å². The first kappa shape index (κ1) is 12.1. The van der Waals surface area contributed by atoms with Crippen LogP contribution in [0.4, 0.5) is 4.39 Å². The molecular formula is C13H14ClFN2. The number of aryl methyl sites for hydroxylation is 2. The van der Waals surface area contributed by atoms with Gasteiger partial charge in [0, 0.05) is 5.56 Å². The Hall–Kier alpha value is -1.35. The summed E-state index contributed by atoms with van der Waals surface area (Å²) in [6.45, 7) is 5.81. The summed E-state index contributed by atoms with van der Waals surface area (Å²) >= 11 is 6.28. The first-order valence-corrected chi connectivity index (χ1v) is 5.93. The molecule has 0 unspecified atom stereocenters. The summed E-state index contributed by atoms with van der Waals surface area (Å²) < 4.78 is 14.7. The minimum absolute atomic E-state index is 0.248. The fourth-order valence-electron chi connectivity index (χ4n) is 1.95. The van der Waals surface area contributed by atoms with E-state index < -0.39 is 0 Å². The molecule has 2 rings (SSSR count). The highest BCUT2D eigenvalue weighted by atomic mass is 35.5. The summed E-state index contributed by atoms with van der Waals surface area (Å²) in [6.07, 6.45) is 0.838. The molecule has 1 aromatic carbocycles. The van der Waals surface area contributed by atoms with E-state index in [9.17, 15) is 4.39 Å². The highest BCUT2D eigenvalue weighted by Crippen LogP contribution is 2.25. The van der Waals surface area contributed by atoms with E-state index in [-0.39, 0.29) is 5.82 Å². The van der Waals surface area contributed by atoms with Gasteiger partial charge in [0.2, 0.25) is 0 Å². The zero-order chi connectivity index (χ0) is 12.6. The third-order valence-corrected chi connectivity index (χ3v) is 3.25. The number of aromatic nitrogens is 2. The normalized spacial score (nSPS) is 10.9. The van der Waals surface area contributed by atoms with Gasteiger partial charge in [0.05, 0.1) is 11.4 Å². The lowest BCUT2D eigenvalue weighted by Gasteiger charge is -2.07. The number of benzene rings is 1. The Morgan fingerprint density at radius 2 is 2.06 bits per heavy atom. The van der Waals surface area contributed by atoms with Crippen LogP contribution in [0.15, 0.2) is 18.2 Å². The van der Waals surface area contributed by atoms with Crippen molar-refractivity contribution in [1.29, 1.82) is 0 Å². The molecule has 0 aliphatic rings. The topological polar surface area (TPSA) is 17.8 Å². The molecular weight excluding hydrogens is 239 g/mol. The molecule has 0 fully saturated rings. The maximum absolute atomic E-state index is 13.1. The van der Waals surface area contributed by atoms with Crippen LogP contribution in [0.3, 0.4) is 0 Å². The Labute approximate surface area is 105 Å². The molecule has 0 saturated heterocycles. The average molecular weight is 253 g/mol. The van der Waals surface area contributed by atoms with Crippen LogP contribution in [0, 0.1) is 19.7 Å². The zero-order valence-electron chi connectivity index (χ0n) is 10.1. The van der Waals surface area contributed by atoms with Crippen molar-refractivity contribution < 1.29 is 4.39 Å². The SMILES string of the molecule is CCc1c(C)nn(-c2ccc(F)cc2C)c1Cl. The molecule has 1 aromatic heterocycles. The molecule has 0 aliphatic carbocycles. The van der Waals surface area contributed by atoms with Crippen molar-refractivity contribution in [2.24, 2.45) is 0 Å². The lowest BCUT2D eigenvalue weighted by atomic mass is 10.2. The quantitative estimate of drug-likeness (QED) is 0.794. The van der Waals surface area contributed by atoms with Crippen LogP contribution in [0.2, 0.25) is 5.15 Å². The number of rotatable bonds is 2. The Kier molecular flexibility index (Phi) is 3.20. The summed E-state index contributed by atoms with van der Waals surface area (Å²) in [5, 5.41) is 5.01. The molecule has 0 N–H and O–H groups in total. The molecule has 0 saturated carbocycles. The van der Waals surface area contributed by atoms with Crippen molar-refractivity contribution in [3.8, 4) is 5.69 Å². The third kappa shape index (κ3) is 2.07. The maximum atomic E-state index is 13.1. The van der Waals surface area contributed by atoms with E-state index in [0.29, 0.717) is 5.15 Å². The van der Waals surface area contributed by atoms with Crippen molar-refractivity contribution in [1.82, 2.24) is 9.78 Å². The highest BCUT2D eigenvalue weighted by molar-refractivity contribution is 6.30. The molecule has 2 aromatic rings. The highest BCUT2D eigenvalue weighted by Gasteiger charge is 2.14. The van der Waals surface area contributed by atoms with Crippen LogP contribution < -0.4 is 0 Å². The monoisotopic (exact) mass is 252 g/mol. The van der Waals surface area contributed by atoms with E-state index in [1.807, 2.05) is 20.8 Å². The molecule has 2 nitrogen and oxygen atoms in total. The smallest absolute Gasteiger partial charge is 0.136 e. The van der Waals surface area contributed by atoms with Gasteiger partial charge in [0.15, 0.2) is 0 Å². The van der Waals surface area contributed by atoms with Gasteiger partial charge in [-0.3, -0.25) is 0 Å². The minimum atomic E-state index is -0.248. The van der Waals surface area contributed by atoms with Crippen molar-refractivity contribution in [2.45, 2.75) is 27.2 Å². The molecule has 4 heteroatoms. The second-order valence-corrected chi connectivity index (χ2v) is 4.41. The van der Waals surface area contributed by atoms with E-state index >= 15 is 0 Å². The Balaban J connectivity index is 2.61. The van der Waals surface area contributed by atoms with Gasteiger partial charge in [-0.2, -0.15) is 5.10 Å². The average Bonchev–Trinajstić information content (AvgIpc) is 2.54.